The lowest BCUT2D eigenvalue weighted by Gasteiger charge is -2.17. The number of ether oxygens (including phenoxy) is 1. The quantitative estimate of drug-likeness (QED) is 0.345. The van der Waals surface area contributed by atoms with Crippen LogP contribution in [0.2, 0.25) is 0 Å². The number of aliphatic hydroxyl groups is 1. The molecule has 0 amide bonds. The van der Waals surface area contributed by atoms with Gasteiger partial charge in [0.1, 0.15) is 18.2 Å². The fourth-order valence-electron chi connectivity index (χ4n) is 3.43. The molecule has 0 bridgehead atoms. The second-order valence-electron chi connectivity index (χ2n) is 7.96. The Balaban J connectivity index is 1.49. The molecule has 0 fully saturated rings. The van der Waals surface area contributed by atoms with Gasteiger partial charge >= 0.3 is 0 Å². The third-order valence-electron chi connectivity index (χ3n) is 4.87. The number of benzene rings is 1. The van der Waals surface area contributed by atoms with E-state index in [-0.39, 0.29) is 19.2 Å². The molecule has 168 valence electrons. The molecule has 4 aromatic rings. The summed E-state index contributed by atoms with van der Waals surface area (Å²) in [5.74, 6) is 1.82. The van der Waals surface area contributed by atoms with Crippen LogP contribution in [0.3, 0.4) is 0 Å². The van der Waals surface area contributed by atoms with Gasteiger partial charge in [-0.15, -0.1) is 0 Å². The van der Waals surface area contributed by atoms with Crippen molar-refractivity contribution in [3.8, 4) is 22.8 Å². The zero-order chi connectivity index (χ0) is 22.5. The number of aryl methyl sites for hydroxylation is 1. The molecule has 0 radical (unpaired) electrons. The number of nitrogens with one attached hydrogen (secondary N) is 1. The first-order valence-electron chi connectivity index (χ1n) is 10.5. The third-order valence-corrected chi connectivity index (χ3v) is 5.82. The number of rotatable bonds is 10. The summed E-state index contributed by atoms with van der Waals surface area (Å²) in [4.78, 5) is 8.99. The summed E-state index contributed by atoms with van der Waals surface area (Å²) in [6.07, 6.45) is 5.98. The second kappa shape index (κ2) is 10.1. The summed E-state index contributed by atoms with van der Waals surface area (Å²) in [6.45, 7) is 4.09. The smallest absolute Gasteiger partial charge is 0.184 e. The molecule has 2 N–H and O–H groups in total. The Kier molecular flexibility index (Phi) is 6.96. The van der Waals surface area contributed by atoms with Gasteiger partial charge in [0.2, 0.25) is 0 Å². The number of halogens is 1. The predicted molar refractivity (Wildman–Crippen MR) is 125 cm³/mol. The van der Waals surface area contributed by atoms with Crippen molar-refractivity contribution >= 4 is 26.7 Å². The van der Waals surface area contributed by atoms with Crippen molar-refractivity contribution < 1.29 is 14.2 Å². The standard InChI is InChI=1S/C23H26FN5O2S/c1-15(2)9-17(14-30)27-23-28-20-4-3-18(11-22(20)32-23)31-19-5-7-25-21(10-19)16-12-26-29(13-16)8-6-24/h3-5,7,10-13,15,17,30H,6,8-9,14H2,1-2H3,(H,27,28)/t17-/m1/s1. The summed E-state index contributed by atoms with van der Waals surface area (Å²) in [6, 6.07) is 9.36. The molecule has 1 aromatic carbocycles. The van der Waals surface area contributed by atoms with Crippen LogP contribution in [0.5, 0.6) is 11.5 Å². The van der Waals surface area contributed by atoms with Crippen molar-refractivity contribution in [2.24, 2.45) is 5.92 Å². The van der Waals surface area contributed by atoms with Crippen LogP contribution in [0, 0.1) is 5.92 Å². The number of anilines is 1. The van der Waals surface area contributed by atoms with Crippen molar-refractivity contribution in [3.63, 3.8) is 0 Å². The minimum Gasteiger partial charge on any atom is -0.457 e. The highest BCUT2D eigenvalue weighted by Crippen LogP contribution is 2.32. The van der Waals surface area contributed by atoms with Crippen LogP contribution in [0.25, 0.3) is 21.5 Å². The van der Waals surface area contributed by atoms with E-state index < -0.39 is 6.67 Å². The van der Waals surface area contributed by atoms with Gasteiger partial charge in [0.25, 0.3) is 0 Å². The normalized spacial score (nSPS) is 12.4. The van der Waals surface area contributed by atoms with Crippen molar-refractivity contribution in [2.75, 3.05) is 18.6 Å². The van der Waals surface area contributed by atoms with Crippen LogP contribution in [-0.4, -0.2) is 44.2 Å². The van der Waals surface area contributed by atoms with Crippen molar-refractivity contribution in [2.45, 2.75) is 32.9 Å². The van der Waals surface area contributed by atoms with E-state index in [1.807, 2.05) is 24.3 Å². The predicted octanol–water partition coefficient (Wildman–Crippen LogP) is 5.14. The third kappa shape index (κ3) is 5.41. The molecule has 0 aliphatic rings. The molecule has 3 aromatic heterocycles. The van der Waals surface area contributed by atoms with Crippen LogP contribution in [0.1, 0.15) is 20.3 Å². The van der Waals surface area contributed by atoms with Gasteiger partial charge in [-0.3, -0.25) is 9.67 Å². The van der Waals surface area contributed by atoms with Crippen LogP contribution in [-0.2, 0) is 6.54 Å². The van der Waals surface area contributed by atoms with Gasteiger partial charge in [0.15, 0.2) is 5.13 Å². The average molecular weight is 456 g/mol. The van der Waals surface area contributed by atoms with Crippen LogP contribution >= 0.6 is 11.3 Å². The maximum absolute atomic E-state index is 12.5. The van der Waals surface area contributed by atoms with E-state index in [0.717, 1.165) is 27.3 Å². The van der Waals surface area contributed by atoms with Gasteiger partial charge in [0, 0.05) is 30.1 Å². The fourth-order valence-corrected chi connectivity index (χ4v) is 4.40. The first-order valence-corrected chi connectivity index (χ1v) is 11.4. The van der Waals surface area contributed by atoms with Crippen molar-refractivity contribution in [1.82, 2.24) is 19.7 Å². The molecule has 4 rings (SSSR count). The van der Waals surface area contributed by atoms with Gasteiger partial charge in [-0.05, 0) is 30.5 Å². The summed E-state index contributed by atoms with van der Waals surface area (Å²) in [5, 5.41) is 17.9. The summed E-state index contributed by atoms with van der Waals surface area (Å²) in [7, 11) is 0. The number of aliphatic hydroxyl groups excluding tert-OH is 1. The molecule has 7 nitrogen and oxygen atoms in total. The fraction of sp³-hybridized carbons (Fsp3) is 0.348. The van der Waals surface area contributed by atoms with E-state index in [1.54, 1.807) is 29.3 Å². The van der Waals surface area contributed by atoms with Gasteiger partial charge in [0.05, 0.1) is 41.3 Å². The zero-order valence-electron chi connectivity index (χ0n) is 18.0. The molecule has 0 unspecified atom stereocenters. The Hall–Kier alpha value is -3.04. The molecule has 0 saturated carbocycles. The maximum Gasteiger partial charge on any atom is 0.184 e. The molecule has 32 heavy (non-hydrogen) atoms. The van der Waals surface area contributed by atoms with Crippen molar-refractivity contribution in [3.05, 3.63) is 48.9 Å². The van der Waals surface area contributed by atoms with Crippen LogP contribution < -0.4 is 10.1 Å². The molecule has 0 saturated heterocycles. The lowest BCUT2D eigenvalue weighted by molar-refractivity contribution is 0.259. The molecular weight excluding hydrogens is 429 g/mol. The Morgan fingerprint density at radius 1 is 1.22 bits per heavy atom. The van der Waals surface area contributed by atoms with E-state index in [2.05, 4.69) is 34.2 Å². The molecule has 0 spiro atoms. The van der Waals surface area contributed by atoms with E-state index >= 15 is 0 Å². The number of alkyl halides is 1. The van der Waals surface area contributed by atoms with Crippen LogP contribution in [0.15, 0.2) is 48.9 Å². The summed E-state index contributed by atoms with van der Waals surface area (Å²) < 4.78 is 21.1. The Bertz CT molecular complexity index is 1180. The Labute approximate surface area is 189 Å². The van der Waals surface area contributed by atoms with Gasteiger partial charge < -0.3 is 15.2 Å². The Morgan fingerprint density at radius 2 is 2.06 bits per heavy atom. The first kappa shape index (κ1) is 22.2. The highest BCUT2D eigenvalue weighted by Gasteiger charge is 2.13. The number of hydrogen-bond donors (Lipinski definition) is 2. The Morgan fingerprint density at radius 3 is 2.84 bits per heavy atom. The van der Waals surface area contributed by atoms with E-state index in [4.69, 9.17) is 4.74 Å². The largest absolute Gasteiger partial charge is 0.457 e. The topological polar surface area (TPSA) is 85.1 Å². The number of nitrogens with zero attached hydrogens (tertiary/aromatic N) is 4. The van der Waals surface area contributed by atoms with E-state index in [0.29, 0.717) is 23.1 Å². The number of fused-ring (bicyclic) bond motifs is 1. The summed E-state index contributed by atoms with van der Waals surface area (Å²) in [5.41, 5.74) is 2.39. The van der Waals surface area contributed by atoms with E-state index in [9.17, 15) is 9.50 Å². The minimum atomic E-state index is -0.465. The lowest BCUT2D eigenvalue weighted by atomic mass is 10.0. The zero-order valence-corrected chi connectivity index (χ0v) is 18.8. The SMILES string of the molecule is CC(C)C[C@H](CO)Nc1nc2ccc(Oc3ccnc(-c4cnn(CCF)c4)c3)cc2s1. The van der Waals surface area contributed by atoms with Gasteiger partial charge in [-0.25, -0.2) is 9.37 Å². The van der Waals surface area contributed by atoms with Crippen LogP contribution in [0.4, 0.5) is 9.52 Å². The molecule has 0 aliphatic carbocycles. The monoisotopic (exact) mass is 455 g/mol. The second-order valence-corrected chi connectivity index (χ2v) is 8.99. The first-order chi connectivity index (χ1) is 15.5. The highest BCUT2D eigenvalue weighted by molar-refractivity contribution is 7.22. The van der Waals surface area contributed by atoms with Crippen molar-refractivity contribution in [1.29, 1.82) is 0 Å². The lowest BCUT2D eigenvalue weighted by Crippen LogP contribution is -2.25. The molecule has 3 heterocycles. The molecule has 0 aliphatic heterocycles. The molecule has 9 heteroatoms. The highest BCUT2D eigenvalue weighted by atomic mass is 32.1. The van der Waals surface area contributed by atoms with E-state index in [1.165, 1.54) is 11.3 Å². The van der Waals surface area contributed by atoms with Gasteiger partial charge in [-0.2, -0.15) is 5.10 Å². The molecule has 1 atom stereocenters. The molecular formula is C23H26FN5O2S. The number of pyridine rings is 1. The number of aromatic nitrogens is 4. The maximum atomic E-state index is 12.5. The van der Waals surface area contributed by atoms with Gasteiger partial charge in [-0.1, -0.05) is 25.2 Å². The number of thiazole rings is 1. The summed E-state index contributed by atoms with van der Waals surface area (Å²) >= 11 is 1.53. The minimum absolute atomic E-state index is 0.0178. The average Bonchev–Trinajstić information content (AvgIpc) is 3.40. The number of hydrogen-bond acceptors (Lipinski definition) is 7.